The summed E-state index contributed by atoms with van der Waals surface area (Å²) in [5.41, 5.74) is 6.68. The van der Waals surface area contributed by atoms with Crippen LogP contribution in [0.5, 0.6) is 0 Å². The Morgan fingerprint density at radius 1 is 1.24 bits per heavy atom. The Labute approximate surface area is 113 Å². The van der Waals surface area contributed by atoms with Crippen molar-refractivity contribution in [1.29, 1.82) is 0 Å². The number of nitrogens with two attached hydrogens (primary N) is 1. The van der Waals surface area contributed by atoms with Crippen LogP contribution < -0.4 is 11.1 Å². The van der Waals surface area contributed by atoms with E-state index in [-0.39, 0.29) is 12.4 Å². The number of nitrogens with one attached hydrogen (secondary N) is 1. The fourth-order valence-corrected chi connectivity index (χ4v) is 2.20. The van der Waals surface area contributed by atoms with Crippen molar-refractivity contribution in [2.24, 2.45) is 5.73 Å². The van der Waals surface area contributed by atoms with Gasteiger partial charge < -0.3 is 11.1 Å². The Morgan fingerprint density at radius 2 is 1.88 bits per heavy atom. The monoisotopic (exact) mass is 276 g/mol. The number of nitrogens with zero attached hydrogens (tertiary/aromatic N) is 2. The largest absolute Gasteiger partial charge is 0.328 e. The highest BCUT2D eigenvalue weighted by molar-refractivity contribution is 6.29. The van der Waals surface area contributed by atoms with Crippen LogP contribution in [0.2, 0.25) is 5.15 Å². The van der Waals surface area contributed by atoms with Gasteiger partial charge in [-0.15, -0.1) is 12.4 Å². The zero-order valence-corrected chi connectivity index (χ0v) is 11.2. The van der Waals surface area contributed by atoms with Gasteiger partial charge in [0.2, 0.25) is 0 Å². The summed E-state index contributed by atoms with van der Waals surface area (Å²) < 4.78 is 0. The van der Waals surface area contributed by atoms with E-state index in [2.05, 4.69) is 15.3 Å². The molecule has 1 aromatic heterocycles. The molecule has 0 spiro atoms. The van der Waals surface area contributed by atoms with Crippen LogP contribution in [-0.4, -0.2) is 22.1 Å². The Hall–Kier alpha value is -0.420. The van der Waals surface area contributed by atoms with E-state index in [4.69, 9.17) is 17.3 Å². The van der Waals surface area contributed by atoms with Crippen molar-refractivity contribution in [3.05, 3.63) is 23.2 Å². The highest BCUT2D eigenvalue weighted by atomic mass is 35.5. The summed E-state index contributed by atoms with van der Waals surface area (Å²) in [5, 5.41) is 3.95. The molecule has 1 aromatic rings. The molecule has 0 saturated heterocycles. The predicted octanol–water partition coefficient (Wildman–Crippen LogP) is 1.91. The highest BCUT2D eigenvalue weighted by Gasteiger charge is 2.18. The molecular formula is C11H18Cl2N4. The van der Waals surface area contributed by atoms with Crippen LogP contribution in [0.4, 0.5) is 0 Å². The number of aromatic nitrogens is 2. The van der Waals surface area contributed by atoms with Gasteiger partial charge in [-0.05, 0) is 25.7 Å². The molecule has 0 atom stereocenters. The minimum absolute atomic E-state index is 0. The van der Waals surface area contributed by atoms with E-state index < -0.39 is 0 Å². The first-order valence-electron chi connectivity index (χ1n) is 5.70. The molecule has 1 aliphatic carbocycles. The molecule has 1 fully saturated rings. The lowest BCUT2D eigenvalue weighted by Gasteiger charge is -2.26. The van der Waals surface area contributed by atoms with Gasteiger partial charge in [0.05, 0.1) is 5.69 Å². The van der Waals surface area contributed by atoms with Crippen LogP contribution in [0.3, 0.4) is 0 Å². The molecule has 1 aliphatic rings. The fraction of sp³-hybridized carbons (Fsp3) is 0.636. The predicted molar refractivity (Wildman–Crippen MR) is 71.4 cm³/mol. The van der Waals surface area contributed by atoms with Crippen molar-refractivity contribution in [2.75, 3.05) is 0 Å². The van der Waals surface area contributed by atoms with Gasteiger partial charge in [0.1, 0.15) is 0 Å². The van der Waals surface area contributed by atoms with E-state index in [9.17, 15) is 0 Å². The first-order valence-corrected chi connectivity index (χ1v) is 6.08. The molecule has 0 radical (unpaired) electrons. The van der Waals surface area contributed by atoms with Crippen LogP contribution in [0, 0.1) is 0 Å². The third-order valence-corrected chi connectivity index (χ3v) is 3.37. The van der Waals surface area contributed by atoms with Crippen molar-refractivity contribution >= 4 is 24.0 Å². The molecule has 0 bridgehead atoms. The van der Waals surface area contributed by atoms with Gasteiger partial charge in [0.25, 0.3) is 0 Å². The molecule has 4 nitrogen and oxygen atoms in total. The molecule has 3 N–H and O–H groups in total. The summed E-state index contributed by atoms with van der Waals surface area (Å²) in [6.07, 6.45) is 7.75. The average molecular weight is 277 g/mol. The Bertz CT molecular complexity index is 340. The normalized spacial score (nSPS) is 24.1. The van der Waals surface area contributed by atoms with E-state index in [0.29, 0.717) is 23.8 Å². The highest BCUT2D eigenvalue weighted by Crippen LogP contribution is 2.17. The minimum Gasteiger partial charge on any atom is -0.328 e. The van der Waals surface area contributed by atoms with E-state index in [0.717, 1.165) is 31.4 Å². The number of halogens is 2. The summed E-state index contributed by atoms with van der Waals surface area (Å²) >= 11 is 5.93. The lowest BCUT2D eigenvalue weighted by atomic mass is 9.92. The zero-order valence-electron chi connectivity index (χ0n) is 9.60. The second kappa shape index (κ2) is 7.11. The molecule has 0 aliphatic heterocycles. The van der Waals surface area contributed by atoms with Gasteiger partial charge in [-0.1, -0.05) is 11.6 Å². The maximum atomic E-state index is 5.93. The number of rotatable bonds is 3. The summed E-state index contributed by atoms with van der Waals surface area (Å²) in [6.45, 7) is 0.687. The van der Waals surface area contributed by atoms with E-state index >= 15 is 0 Å². The van der Waals surface area contributed by atoms with Crippen LogP contribution in [0.25, 0.3) is 0 Å². The molecule has 6 heteroatoms. The van der Waals surface area contributed by atoms with Gasteiger partial charge in [-0.3, -0.25) is 4.98 Å². The molecule has 1 saturated carbocycles. The maximum Gasteiger partial charge on any atom is 0.151 e. The van der Waals surface area contributed by atoms with E-state index in [1.54, 1.807) is 12.4 Å². The second-order valence-electron chi connectivity index (χ2n) is 4.29. The second-order valence-corrected chi connectivity index (χ2v) is 4.64. The summed E-state index contributed by atoms with van der Waals surface area (Å²) in [7, 11) is 0. The molecule has 2 rings (SSSR count). The third kappa shape index (κ3) is 4.39. The first-order chi connectivity index (χ1) is 7.75. The Kier molecular flexibility index (Phi) is 6.12. The standard InChI is InChI=1S/C11H17ClN4.ClH/c12-11-10(14-5-6-15-11)7-16-9-3-1-8(13)2-4-9;/h5-6,8-9,16H,1-4,7,13H2;1H. The zero-order chi connectivity index (χ0) is 11.4. The van der Waals surface area contributed by atoms with Gasteiger partial charge in [0, 0.05) is 31.0 Å². The van der Waals surface area contributed by atoms with E-state index in [1.807, 2.05) is 0 Å². The van der Waals surface area contributed by atoms with Gasteiger partial charge in [-0.2, -0.15) is 0 Å². The van der Waals surface area contributed by atoms with Crippen LogP contribution in [0.15, 0.2) is 12.4 Å². The maximum absolute atomic E-state index is 5.93. The summed E-state index contributed by atoms with van der Waals surface area (Å²) in [5.74, 6) is 0. The molecular weight excluding hydrogens is 259 g/mol. The van der Waals surface area contributed by atoms with E-state index in [1.165, 1.54) is 0 Å². The average Bonchev–Trinajstić information content (AvgIpc) is 2.30. The van der Waals surface area contributed by atoms with Crippen molar-refractivity contribution < 1.29 is 0 Å². The summed E-state index contributed by atoms with van der Waals surface area (Å²) in [4.78, 5) is 8.19. The molecule has 1 heterocycles. The minimum atomic E-state index is 0. The Morgan fingerprint density at radius 3 is 2.53 bits per heavy atom. The fourth-order valence-electron chi connectivity index (χ4n) is 2.03. The molecule has 0 unspecified atom stereocenters. The first kappa shape index (κ1) is 14.6. The van der Waals surface area contributed by atoms with Crippen molar-refractivity contribution in [1.82, 2.24) is 15.3 Å². The van der Waals surface area contributed by atoms with Gasteiger partial charge >= 0.3 is 0 Å². The SMILES string of the molecule is Cl.NC1CCC(NCc2nccnc2Cl)CC1. The van der Waals surface area contributed by atoms with Gasteiger partial charge in [-0.25, -0.2) is 4.98 Å². The molecule has 0 amide bonds. The lowest BCUT2D eigenvalue weighted by Crippen LogP contribution is -2.37. The molecule has 96 valence electrons. The topological polar surface area (TPSA) is 63.8 Å². The van der Waals surface area contributed by atoms with Crippen LogP contribution >= 0.6 is 24.0 Å². The van der Waals surface area contributed by atoms with Crippen molar-refractivity contribution in [3.8, 4) is 0 Å². The van der Waals surface area contributed by atoms with Crippen LogP contribution in [-0.2, 0) is 6.54 Å². The smallest absolute Gasteiger partial charge is 0.151 e. The van der Waals surface area contributed by atoms with Gasteiger partial charge in [0.15, 0.2) is 5.15 Å². The quantitative estimate of drug-likeness (QED) is 0.886. The molecule has 0 aromatic carbocycles. The van der Waals surface area contributed by atoms with Crippen LogP contribution in [0.1, 0.15) is 31.4 Å². The summed E-state index contributed by atoms with van der Waals surface area (Å²) in [6, 6.07) is 0.927. The Balaban J connectivity index is 0.00000144. The van der Waals surface area contributed by atoms with Crippen molar-refractivity contribution in [3.63, 3.8) is 0 Å². The van der Waals surface area contributed by atoms with Crippen molar-refractivity contribution in [2.45, 2.75) is 44.3 Å². The lowest BCUT2D eigenvalue weighted by molar-refractivity contribution is 0.340. The number of hydrogen-bond acceptors (Lipinski definition) is 4. The number of hydrogen-bond donors (Lipinski definition) is 2. The third-order valence-electron chi connectivity index (χ3n) is 3.05. The molecule has 17 heavy (non-hydrogen) atoms.